The van der Waals surface area contributed by atoms with Gasteiger partial charge in [-0.05, 0) is 18.1 Å². The second kappa shape index (κ2) is 6.38. The van der Waals surface area contributed by atoms with E-state index in [1.54, 1.807) is 0 Å². The maximum Gasteiger partial charge on any atom is 0.307 e. The second-order valence-electron chi connectivity index (χ2n) is 5.05. The number of rotatable bonds is 5. The van der Waals surface area contributed by atoms with Gasteiger partial charge < -0.3 is 4.74 Å². The average molecular weight is 268 g/mol. The van der Waals surface area contributed by atoms with Gasteiger partial charge in [0.1, 0.15) is 0 Å². The van der Waals surface area contributed by atoms with Crippen molar-refractivity contribution in [2.24, 2.45) is 0 Å². The summed E-state index contributed by atoms with van der Waals surface area (Å²) in [5, 5.41) is 0. The Labute approximate surface area is 120 Å². The number of ether oxygens (including phenoxy) is 1. The highest BCUT2D eigenvalue weighted by Crippen LogP contribution is 2.35. The van der Waals surface area contributed by atoms with E-state index in [0.717, 1.165) is 11.1 Å². The smallest absolute Gasteiger partial charge is 0.307 e. The van der Waals surface area contributed by atoms with Crippen molar-refractivity contribution in [1.29, 1.82) is 0 Å². The molecule has 0 aliphatic rings. The third kappa shape index (κ3) is 3.08. The first-order chi connectivity index (χ1) is 9.66. The van der Waals surface area contributed by atoms with Crippen LogP contribution in [0.15, 0.2) is 60.7 Å². The van der Waals surface area contributed by atoms with Crippen LogP contribution in [0.3, 0.4) is 0 Å². The third-order valence-electron chi connectivity index (χ3n) is 3.63. The van der Waals surface area contributed by atoms with E-state index >= 15 is 0 Å². The maximum absolute atomic E-state index is 12.0. The molecule has 2 aromatic rings. The Morgan fingerprint density at radius 3 is 1.80 bits per heavy atom. The number of esters is 1. The Hall–Kier alpha value is -2.09. The Balaban J connectivity index is 2.41. The van der Waals surface area contributed by atoms with Gasteiger partial charge in [0.05, 0.1) is 13.0 Å². The average Bonchev–Trinajstić information content (AvgIpc) is 2.49. The van der Waals surface area contributed by atoms with E-state index in [1.807, 2.05) is 43.3 Å². The van der Waals surface area contributed by atoms with Gasteiger partial charge in [0.25, 0.3) is 0 Å². The molecule has 0 aliphatic carbocycles. The molecular formula is C18H20O2. The molecule has 0 saturated carbocycles. The Bertz CT molecular complexity index is 507. The number of benzene rings is 2. The van der Waals surface area contributed by atoms with Crippen LogP contribution in [0, 0.1) is 0 Å². The molecule has 0 radical (unpaired) electrons. The van der Waals surface area contributed by atoms with Crippen LogP contribution in [0.1, 0.15) is 31.4 Å². The van der Waals surface area contributed by atoms with Crippen LogP contribution in [0.5, 0.6) is 0 Å². The van der Waals surface area contributed by atoms with Gasteiger partial charge in [-0.15, -0.1) is 0 Å². The van der Waals surface area contributed by atoms with E-state index in [1.165, 1.54) is 0 Å². The van der Waals surface area contributed by atoms with Gasteiger partial charge in [0.2, 0.25) is 0 Å². The van der Waals surface area contributed by atoms with E-state index < -0.39 is 0 Å². The fourth-order valence-electron chi connectivity index (χ4n) is 2.48. The lowest BCUT2D eigenvalue weighted by atomic mass is 9.74. The van der Waals surface area contributed by atoms with Gasteiger partial charge in [-0.1, -0.05) is 67.6 Å². The molecule has 0 spiro atoms. The van der Waals surface area contributed by atoms with Gasteiger partial charge in [-0.2, -0.15) is 0 Å². The lowest BCUT2D eigenvalue weighted by molar-refractivity contribution is -0.144. The fraction of sp³-hybridized carbons (Fsp3) is 0.278. The zero-order chi connectivity index (χ0) is 14.4. The third-order valence-corrected chi connectivity index (χ3v) is 3.63. The number of hydrogen-bond donors (Lipinski definition) is 0. The topological polar surface area (TPSA) is 26.3 Å². The first-order valence-corrected chi connectivity index (χ1v) is 6.93. The van der Waals surface area contributed by atoms with E-state index in [2.05, 4.69) is 31.2 Å². The minimum Gasteiger partial charge on any atom is -0.466 e. The molecule has 2 heteroatoms. The van der Waals surface area contributed by atoms with Crippen LogP contribution in [-0.4, -0.2) is 12.6 Å². The molecule has 0 saturated heterocycles. The number of hydrogen-bond acceptors (Lipinski definition) is 2. The fourth-order valence-corrected chi connectivity index (χ4v) is 2.48. The first-order valence-electron chi connectivity index (χ1n) is 6.93. The molecule has 0 N–H and O–H groups in total. The van der Waals surface area contributed by atoms with Crippen LogP contribution in [-0.2, 0) is 14.9 Å². The molecule has 20 heavy (non-hydrogen) atoms. The molecule has 0 fully saturated rings. The van der Waals surface area contributed by atoms with E-state index in [9.17, 15) is 4.79 Å². The summed E-state index contributed by atoms with van der Waals surface area (Å²) >= 11 is 0. The summed E-state index contributed by atoms with van der Waals surface area (Å²) in [6.45, 7) is 4.34. The molecule has 0 atom stereocenters. The van der Waals surface area contributed by atoms with Crippen molar-refractivity contribution >= 4 is 5.97 Å². The SMILES string of the molecule is CCOC(=O)CC(C)(c1ccccc1)c1ccccc1. The molecular weight excluding hydrogens is 248 g/mol. The van der Waals surface area contributed by atoms with E-state index in [4.69, 9.17) is 4.74 Å². The molecule has 0 heterocycles. The van der Waals surface area contributed by atoms with Gasteiger partial charge in [0, 0.05) is 5.41 Å². The molecule has 2 nitrogen and oxygen atoms in total. The molecule has 2 aromatic carbocycles. The predicted octanol–water partition coefficient (Wildman–Crippen LogP) is 3.95. The second-order valence-corrected chi connectivity index (χ2v) is 5.05. The van der Waals surface area contributed by atoms with Crippen LogP contribution >= 0.6 is 0 Å². The summed E-state index contributed by atoms with van der Waals surface area (Å²) < 4.78 is 5.14. The first kappa shape index (κ1) is 14.3. The monoisotopic (exact) mass is 268 g/mol. The Morgan fingerprint density at radius 1 is 0.950 bits per heavy atom. The van der Waals surface area contributed by atoms with Crippen molar-refractivity contribution in [3.05, 3.63) is 71.8 Å². The quantitative estimate of drug-likeness (QED) is 0.768. The standard InChI is InChI=1S/C18H20O2/c1-3-20-17(19)14-18(2,15-10-6-4-7-11-15)16-12-8-5-9-13-16/h4-13H,3,14H2,1-2H3. The zero-order valence-electron chi connectivity index (χ0n) is 12.0. The highest BCUT2D eigenvalue weighted by Gasteiger charge is 2.32. The minimum atomic E-state index is -0.366. The molecule has 0 unspecified atom stereocenters. The molecule has 104 valence electrons. The number of carbonyl (C=O) groups is 1. The Morgan fingerprint density at radius 2 is 1.40 bits per heavy atom. The summed E-state index contributed by atoms with van der Waals surface area (Å²) in [5.74, 6) is -0.164. The van der Waals surface area contributed by atoms with Gasteiger partial charge in [-0.25, -0.2) is 0 Å². The predicted molar refractivity (Wildman–Crippen MR) is 80.6 cm³/mol. The zero-order valence-corrected chi connectivity index (χ0v) is 12.0. The molecule has 0 amide bonds. The van der Waals surface area contributed by atoms with Crippen molar-refractivity contribution in [3.8, 4) is 0 Å². The van der Waals surface area contributed by atoms with Crippen molar-refractivity contribution in [2.75, 3.05) is 6.61 Å². The van der Waals surface area contributed by atoms with Crippen LogP contribution in [0.4, 0.5) is 0 Å². The van der Waals surface area contributed by atoms with Gasteiger partial charge in [0.15, 0.2) is 0 Å². The maximum atomic E-state index is 12.0. The van der Waals surface area contributed by atoms with Crippen LogP contribution < -0.4 is 0 Å². The number of carbonyl (C=O) groups excluding carboxylic acids is 1. The van der Waals surface area contributed by atoms with Crippen molar-refractivity contribution in [2.45, 2.75) is 25.7 Å². The summed E-state index contributed by atoms with van der Waals surface area (Å²) in [7, 11) is 0. The highest BCUT2D eigenvalue weighted by atomic mass is 16.5. The molecule has 0 aromatic heterocycles. The largest absolute Gasteiger partial charge is 0.466 e. The highest BCUT2D eigenvalue weighted by molar-refractivity contribution is 5.72. The molecule has 0 aliphatic heterocycles. The molecule has 0 bridgehead atoms. The summed E-state index contributed by atoms with van der Waals surface area (Å²) in [5.41, 5.74) is 1.88. The summed E-state index contributed by atoms with van der Waals surface area (Å²) in [4.78, 5) is 12.0. The van der Waals surface area contributed by atoms with Crippen molar-refractivity contribution in [3.63, 3.8) is 0 Å². The normalized spacial score (nSPS) is 11.1. The lowest BCUT2D eigenvalue weighted by Gasteiger charge is -2.30. The van der Waals surface area contributed by atoms with Crippen molar-refractivity contribution in [1.82, 2.24) is 0 Å². The molecule has 2 rings (SSSR count). The summed E-state index contributed by atoms with van der Waals surface area (Å²) in [6.07, 6.45) is 0.342. The van der Waals surface area contributed by atoms with E-state index in [0.29, 0.717) is 13.0 Å². The lowest BCUT2D eigenvalue weighted by Crippen LogP contribution is -2.28. The van der Waals surface area contributed by atoms with E-state index in [-0.39, 0.29) is 11.4 Å². The van der Waals surface area contributed by atoms with Crippen molar-refractivity contribution < 1.29 is 9.53 Å². The van der Waals surface area contributed by atoms with Gasteiger partial charge >= 0.3 is 5.97 Å². The van der Waals surface area contributed by atoms with Gasteiger partial charge in [-0.3, -0.25) is 4.79 Å². The van der Waals surface area contributed by atoms with Crippen LogP contribution in [0.2, 0.25) is 0 Å². The Kier molecular flexibility index (Phi) is 4.57. The minimum absolute atomic E-state index is 0.164. The van der Waals surface area contributed by atoms with Crippen LogP contribution in [0.25, 0.3) is 0 Å². The summed E-state index contributed by atoms with van der Waals surface area (Å²) in [6, 6.07) is 20.2.